The molecule has 2 saturated heterocycles. The monoisotopic (exact) mass is 718 g/mol. The van der Waals surface area contributed by atoms with Crippen molar-refractivity contribution in [3.63, 3.8) is 0 Å². The molecule has 3 bridgehead atoms. The quantitative estimate of drug-likeness (QED) is 0.163. The zero-order valence-corrected chi connectivity index (χ0v) is 31.0. The Morgan fingerprint density at radius 2 is 1.69 bits per heavy atom. The van der Waals surface area contributed by atoms with Crippen molar-refractivity contribution in [2.45, 2.75) is 93.7 Å². The van der Waals surface area contributed by atoms with Crippen LogP contribution in [0.25, 0.3) is 27.4 Å². The second kappa shape index (κ2) is 13.3. The van der Waals surface area contributed by atoms with Crippen molar-refractivity contribution in [1.82, 2.24) is 19.8 Å². The fourth-order valence-corrected chi connectivity index (χ4v) is 11.5. The number of nitrogens with one attached hydrogen (secondary N) is 1. The number of rotatable bonds is 4. The number of benzene rings is 2. The van der Waals surface area contributed by atoms with Crippen LogP contribution in [-0.2, 0) is 10.1 Å². The van der Waals surface area contributed by atoms with Crippen LogP contribution < -0.4 is 4.18 Å². The van der Waals surface area contributed by atoms with Crippen LogP contribution in [0, 0.1) is 18.3 Å². The van der Waals surface area contributed by atoms with Gasteiger partial charge >= 0.3 is 10.1 Å². The first-order chi connectivity index (χ1) is 25.3. The summed E-state index contributed by atoms with van der Waals surface area (Å²) in [5.74, 6) is 0.474. The van der Waals surface area contributed by atoms with Gasteiger partial charge in [-0.3, -0.25) is 9.88 Å². The fourth-order valence-electron chi connectivity index (χ4n) is 10.6. The smallest absolute Gasteiger partial charge is 0.339 e. The highest BCUT2D eigenvalue weighted by molar-refractivity contribution is 7.87. The molecule has 9 heteroatoms. The van der Waals surface area contributed by atoms with Crippen molar-refractivity contribution in [3.05, 3.63) is 96.4 Å². The Hall–Kier alpha value is -3.76. The van der Waals surface area contributed by atoms with Gasteiger partial charge < -0.3 is 19.2 Å². The first-order valence-electron chi connectivity index (χ1n) is 19.4. The van der Waals surface area contributed by atoms with Gasteiger partial charge in [0, 0.05) is 35.0 Å². The van der Waals surface area contributed by atoms with E-state index in [9.17, 15) is 13.5 Å². The summed E-state index contributed by atoms with van der Waals surface area (Å²) < 4.78 is 32.7. The van der Waals surface area contributed by atoms with E-state index in [1.165, 1.54) is 19.3 Å². The van der Waals surface area contributed by atoms with Gasteiger partial charge in [-0.05, 0) is 133 Å². The predicted molar refractivity (Wildman–Crippen MR) is 207 cm³/mol. The molecule has 2 aromatic carbocycles. The Morgan fingerprint density at radius 3 is 2.56 bits per heavy atom. The summed E-state index contributed by atoms with van der Waals surface area (Å²) in [7, 11) is -4.06. The molecule has 2 N–H and O–H groups in total. The standard InChI is InChI=1S/C43H50N4O4S/c1-30-16-18-32(19-17-30)52(49,50)51-37-15-12-14-33-34-20-23-44-39(40(34)45-38(33)37)35-28-43(48)22-9-5-2-3-6-10-24-46-26-21-36(35)42(29-46)27-31-13-8-4-7-11-25-47(31)41(42)43/h2,5,8,12-20,23,28,31,36,41,45,48H,3-4,6-7,9-11,21-22,24-27,29H2,1H3/b5-2+,13-8-/t31-,36?,41-,42+,43+/m1/s1. The molecule has 2 unspecified atom stereocenters. The van der Waals surface area contributed by atoms with Gasteiger partial charge in [0.1, 0.15) is 4.90 Å². The average Bonchev–Trinajstić information content (AvgIpc) is 3.65. The zero-order valence-electron chi connectivity index (χ0n) is 30.1. The number of para-hydroxylation sites is 1. The molecule has 0 radical (unpaired) electrons. The molecule has 2 fully saturated rings. The van der Waals surface area contributed by atoms with Crippen molar-refractivity contribution in [1.29, 1.82) is 0 Å². The number of pyridine rings is 1. The predicted octanol–water partition coefficient (Wildman–Crippen LogP) is 7.93. The molecular weight excluding hydrogens is 669 g/mol. The van der Waals surface area contributed by atoms with E-state index in [2.05, 4.69) is 45.2 Å². The van der Waals surface area contributed by atoms with Crippen molar-refractivity contribution < 1.29 is 17.7 Å². The summed E-state index contributed by atoms with van der Waals surface area (Å²) in [6.45, 7) is 6.04. The van der Waals surface area contributed by atoms with Crippen LogP contribution in [0.1, 0.15) is 75.5 Å². The topological polar surface area (TPSA) is 98.8 Å². The van der Waals surface area contributed by atoms with Crippen LogP contribution in [0.4, 0.5) is 0 Å². The van der Waals surface area contributed by atoms with Crippen LogP contribution in [0.5, 0.6) is 5.75 Å². The van der Waals surface area contributed by atoms with E-state index in [-0.39, 0.29) is 28.0 Å². The number of aromatic nitrogens is 2. The highest BCUT2D eigenvalue weighted by Crippen LogP contribution is 2.61. The molecule has 0 saturated carbocycles. The molecule has 1 aliphatic carbocycles. The van der Waals surface area contributed by atoms with E-state index in [1.54, 1.807) is 30.3 Å². The number of allylic oxidation sites excluding steroid dienone is 4. The summed E-state index contributed by atoms with van der Waals surface area (Å²) in [6.07, 6.45) is 24.0. The number of piperidine rings is 1. The maximum Gasteiger partial charge on any atom is 0.339 e. The SMILES string of the molecule is Cc1ccc(S(=O)(=O)Oc2cccc3c2[nH]c2c(C4=C[C@@]5(O)CC/C=C/CCCCN6CCC4[C@]4(C[C@H]7/C=C\CCCCN7[C@H]45)C6)nccc23)cc1. The number of fused-ring (bicyclic) bond motifs is 5. The lowest BCUT2D eigenvalue weighted by Crippen LogP contribution is -2.65. The van der Waals surface area contributed by atoms with Crippen LogP contribution in [0.15, 0.2) is 90.0 Å². The fraction of sp³-hybridized carbons (Fsp3) is 0.465. The van der Waals surface area contributed by atoms with Crippen LogP contribution in [0.2, 0.25) is 0 Å². The third-order valence-electron chi connectivity index (χ3n) is 12.8. The number of aromatic amines is 1. The maximum atomic E-state index is 13.5. The zero-order chi connectivity index (χ0) is 35.5. The second-order valence-electron chi connectivity index (χ2n) is 16.0. The summed E-state index contributed by atoms with van der Waals surface area (Å²) in [5, 5.41) is 15.1. The van der Waals surface area contributed by atoms with Gasteiger partial charge in [-0.25, -0.2) is 0 Å². The number of aryl methyl sites for hydroxylation is 1. The van der Waals surface area contributed by atoms with Crippen LogP contribution in [-0.4, -0.2) is 77.2 Å². The number of nitrogens with zero attached hydrogens (tertiary/aromatic N) is 3. The van der Waals surface area contributed by atoms with E-state index in [0.717, 1.165) is 97.8 Å². The van der Waals surface area contributed by atoms with E-state index >= 15 is 0 Å². The molecule has 272 valence electrons. The van der Waals surface area contributed by atoms with E-state index in [0.29, 0.717) is 18.0 Å². The first-order valence-corrected chi connectivity index (χ1v) is 20.8. The number of aliphatic hydroxyl groups is 1. The van der Waals surface area contributed by atoms with Gasteiger partial charge in [-0.15, -0.1) is 0 Å². The molecule has 8 nitrogen and oxygen atoms in total. The average molecular weight is 719 g/mol. The molecule has 5 aliphatic rings. The maximum absolute atomic E-state index is 13.5. The highest BCUT2D eigenvalue weighted by Gasteiger charge is 2.65. The summed E-state index contributed by atoms with van der Waals surface area (Å²) in [5.41, 5.74) is 3.25. The van der Waals surface area contributed by atoms with Crippen molar-refractivity contribution in [2.24, 2.45) is 11.3 Å². The van der Waals surface area contributed by atoms with Crippen molar-refractivity contribution in [3.8, 4) is 5.75 Å². The van der Waals surface area contributed by atoms with Gasteiger partial charge in [0.2, 0.25) is 0 Å². The Bertz CT molecular complexity index is 2190. The Balaban J connectivity index is 1.20. The van der Waals surface area contributed by atoms with E-state index < -0.39 is 15.7 Å². The molecule has 6 atom stereocenters. The Morgan fingerprint density at radius 1 is 0.904 bits per heavy atom. The minimum atomic E-state index is -4.06. The van der Waals surface area contributed by atoms with Crippen LogP contribution >= 0.6 is 0 Å². The second-order valence-corrected chi connectivity index (χ2v) is 17.6. The summed E-state index contributed by atoms with van der Waals surface area (Å²) >= 11 is 0. The van der Waals surface area contributed by atoms with Gasteiger partial charge in [0.25, 0.3) is 0 Å². The minimum Gasteiger partial charge on any atom is -0.384 e. The van der Waals surface area contributed by atoms with Gasteiger partial charge in [-0.2, -0.15) is 8.42 Å². The number of hydrogen-bond acceptors (Lipinski definition) is 7. The van der Waals surface area contributed by atoms with Gasteiger partial charge in [0.05, 0.1) is 28.4 Å². The number of hydrogen-bond donors (Lipinski definition) is 2. The normalized spacial score (nSPS) is 32.4. The molecule has 9 rings (SSSR count). The van der Waals surface area contributed by atoms with Crippen molar-refractivity contribution in [2.75, 3.05) is 26.2 Å². The lowest BCUT2D eigenvalue weighted by Gasteiger charge is -2.58. The van der Waals surface area contributed by atoms with E-state index in [4.69, 9.17) is 9.17 Å². The molecule has 1 spiro atoms. The Labute approximate surface area is 307 Å². The highest BCUT2D eigenvalue weighted by atomic mass is 32.2. The minimum absolute atomic E-state index is 0.0207. The van der Waals surface area contributed by atoms with E-state index in [1.807, 2.05) is 31.3 Å². The lowest BCUT2D eigenvalue weighted by molar-refractivity contribution is -0.0894. The van der Waals surface area contributed by atoms with Crippen LogP contribution in [0.3, 0.4) is 0 Å². The third kappa shape index (κ3) is 5.75. The lowest BCUT2D eigenvalue weighted by atomic mass is 9.54. The molecule has 52 heavy (non-hydrogen) atoms. The molecule has 0 amide bonds. The molecule has 2 aromatic heterocycles. The van der Waals surface area contributed by atoms with Crippen molar-refractivity contribution >= 4 is 37.5 Å². The largest absolute Gasteiger partial charge is 0.384 e. The van der Waals surface area contributed by atoms with Gasteiger partial charge in [-0.1, -0.05) is 54.1 Å². The number of H-pyrrole nitrogens is 1. The Kier molecular flexibility index (Phi) is 8.69. The first kappa shape index (κ1) is 34.0. The summed E-state index contributed by atoms with van der Waals surface area (Å²) in [6, 6.07) is 14.6. The third-order valence-corrected chi connectivity index (χ3v) is 14.0. The molecule has 6 heterocycles. The molecule has 4 aliphatic heterocycles. The molecular formula is C43H50N4O4S. The van der Waals surface area contributed by atoms with Gasteiger partial charge in [0.15, 0.2) is 5.75 Å². The molecule has 4 aromatic rings. The summed E-state index contributed by atoms with van der Waals surface area (Å²) in [4.78, 5) is 14.2.